The minimum atomic E-state index is -0.432. The van der Waals surface area contributed by atoms with E-state index in [1.54, 1.807) is 23.3 Å². The molecule has 1 aromatic rings. The summed E-state index contributed by atoms with van der Waals surface area (Å²) in [5.74, 6) is 0.206. The molecule has 0 fully saturated rings. The molecule has 1 aliphatic rings. The van der Waals surface area contributed by atoms with Crippen LogP contribution in [0.4, 0.5) is 10.2 Å². The Bertz CT molecular complexity index is 457. The molecule has 0 radical (unpaired) electrons. The van der Waals surface area contributed by atoms with Crippen LogP contribution >= 0.6 is 0 Å². The summed E-state index contributed by atoms with van der Waals surface area (Å²) in [6.07, 6.45) is 6.73. The van der Waals surface area contributed by atoms with Gasteiger partial charge in [-0.25, -0.2) is 9.37 Å². The van der Waals surface area contributed by atoms with Crippen LogP contribution in [-0.2, 0) is 0 Å². The number of hydrogen-bond acceptors (Lipinski definition) is 4. The van der Waals surface area contributed by atoms with Gasteiger partial charge in [0.05, 0.1) is 19.9 Å². The zero-order valence-corrected chi connectivity index (χ0v) is 8.85. The van der Waals surface area contributed by atoms with Gasteiger partial charge in [0.25, 0.3) is 0 Å². The molecule has 2 N–H and O–H groups in total. The van der Waals surface area contributed by atoms with E-state index in [2.05, 4.69) is 4.98 Å². The van der Waals surface area contributed by atoms with E-state index in [4.69, 9.17) is 10.5 Å². The van der Waals surface area contributed by atoms with Crippen molar-refractivity contribution < 1.29 is 9.13 Å². The Morgan fingerprint density at radius 1 is 1.56 bits per heavy atom. The Balaban J connectivity index is 2.28. The molecule has 2 rings (SSSR count). The molecule has 0 amide bonds. The summed E-state index contributed by atoms with van der Waals surface area (Å²) in [6, 6.07) is 1.30. The van der Waals surface area contributed by atoms with Crippen LogP contribution in [0.2, 0.25) is 0 Å². The minimum absolute atomic E-state index is 0.244. The van der Waals surface area contributed by atoms with Gasteiger partial charge in [0.1, 0.15) is 5.75 Å². The van der Waals surface area contributed by atoms with Crippen LogP contribution in [0.3, 0.4) is 0 Å². The van der Waals surface area contributed by atoms with Crippen LogP contribution in [0.5, 0.6) is 5.75 Å². The van der Waals surface area contributed by atoms with Crippen molar-refractivity contribution in [3.63, 3.8) is 0 Å². The Hall–Kier alpha value is -2.04. The first-order valence-corrected chi connectivity index (χ1v) is 4.79. The molecule has 1 aromatic heterocycles. The molecule has 0 bridgehead atoms. The summed E-state index contributed by atoms with van der Waals surface area (Å²) in [5.41, 5.74) is 6.33. The van der Waals surface area contributed by atoms with Crippen LogP contribution in [0.25, 0.3) is 0 Å². The SMILES string of the molecule is COc1cnc(N2C=CC=C(N)C2)c(F)c1. The lowest BCUT2D eigenvalue weighted by Crippen LogP contribution is -2.26. The smallest absolute Gasteiger partial charge is 0.169 e. The van der Waals surface area contributed by atoms with Gasteiger partial charge < -0.3 is 15.4 Å². The van der Waals surface area contributed by atoms with Gasteiger partial charge in [-0.2, -0.15) is 0 Å². The molecule has 0 spiro atoms. The number of allylic oxidation sites excluding steroid dienone is 2. The highest BCUT2D eigenvalue weighted by molar-refractivity contribution is 5.48. The second kappa shape index (κ2) is 4.22. The maximum atomic E-state index is 13.7. The number of halogens is 1. The Kier molecular flexibility index (Phi) is 2.76. The number of aromatic nitrogens is 1. The first-order chi connectivity index (χ1) is 7.70. The van der Waals surface area contributed by atoms with Gasteiger partial charge in [-0.3, -0.25) is 0 Å². The highest BCUT2D eigenvalue weighted by Crippen LogP contribution is 2.22. The Labute approximate surface area is 92.8 Å². The van der Waals surface area contributed by atoms with Crippen molar-refractivity contribution in [3.05, 3.63) is 42.1 Å². The zero-order chi connectivity index (χ0) is 11.5. The molecular formula is C11H12FN3O. The highest BCUT2D eigenvalue weighted by Gasteiger charge is 2.14. The number of hydrogen-bond donors (Lipinski definition) is 1. The molecule has 0 aromatic carbocycles. The van der Waals surface area contributed by atoms with Crippen molar-refractivity contribution in [1.82, 2.24) is 4.98 Å². The van der Waals surface area contributed by atoms with E-state index in [-0.39, 0.29) is 5.82 Å². The molecule has 0 aliphatic carbocycles. The van der Waals surface area contributed by atoms with Crippen molar-refractivity contribution in [2.45, 2.75) is 0 Å². The molecule has 16 heavy (non-hydrogen) atoms. The molecular weight excluding hydrogens is 209 g/mol. The summed E-state index contributed by atoms with van der Waals surface area (Å²) < 4.78 is 18.6. The third-order valence-corrected chi connectivity index (χ3v) is 2.23. The van der Waals surface area contributed by atoms with Gasteiger partial charge in [-0.1, -0.05) is 0 Å². The lowest BCUT2D eigenvalue weighted by molar-refractivity contribution is 0.409. The summed E-state index contributed by atoms with van der Waals surface area (Å²) in [5, 5.41) is 0. The monoisotopic (exact) mass is 221 g/mol. The van der Waals surface area contributed by atoms with Gasteiger partial charge in [0.15, 0.2) is 11.6 Å². The van der Waals surface area contributed by atoms with Gasteiger partial charge in [0.2, 0.25) is 0 Å². The largest absolute Gasteiger partial charge is 0.495 e. The molecule has 0 atom stereocenters. The van der Waals surface area contributed by atoms with Gasteiger partial charge in [-0.15, -0.1) is 0 Å². The second-order valence-electron chi connectivity index (χ2n) is 3.39. The lowest BCUT2D eigenvalue weighted by Gasteiger charge is -2.22. The van der Waals surface area contributed by atoms with E-state index < -0.39 is 5.82 Å². The maximum Gasteiger partial charge on any atom is 0.169 e. The van der Waals surface area contributed by atoms with Crippen LogP contribution in [0.15, 0.2) is 36.3 Å². The molecule has 5 heteroatoms. The number of anilines is 1. The fraction of sp³-hybridized carbons (Fsp3) is 0.182. The number of ether oxygens (including phenoxy) is 1. The Morgan fingerprint density at radius 3 is 3.00 bits per heavy atom. The Morgan fingerprint density at radius 2 is 2.38 bits per heavy atom. The van der Waals surface area contributed by atoms with Crippen LogP contribution in [0, 0.1) is 5.82 Å². The van der Waals surface area contributed by atoms with E-state index in [1.165, 1.54) is 19.4 Å². The lowest BCUT2D eigenvalue weighted by atomic mass is 10.3. The standard InChI is InChI=1S/C11H12FN3O/c1-16-9-5-10(12)11(14-6-9)15-4-2-3-8(13)7-15/h2-6H,7,13H2,1H3. The van der Waals surface area contributed by atoms with Gasteiger partial charge in [-0.05, 0) is 12.2 Å². The highest BCUT2D eigenvalue weighted by atomic mass is 19.1. The number of nitrogens with zero attached hydrogens (tertiary/aromatic N) is 2. The number of nitrogens with two attached hydrogens (primary N) is 1. The molecule has 2 heterocycles. The van der Waals surface area contributed by atoms with Crippen molar-refractivity contribution in [3.8, 4) is 5.75 Å². The topological polar surface area (TPSA) is 51.4 Å². The van der Waals surface area contributed by atoms with Gasteiger partial charge in [0, 0.05) is 18.0 Å². The number of rotatable bonds is 2. The van der Waals surface area contributed by atoms with Crippen LogP contribution < -0.4 is 15.4 Å². The fourth-order valence-corrected chi connectivity index (χ4v) is 1.45. The molecule has 84 valence electrons. The van der Waals surface area contributed by atoms with E-state index in [0.29, 0.717) is 18.0 Å². The van der Waals surface area contributed by atoms with E-state index in [0.717, 1.165) is 0 Å². The average molecular weight is 221 g/mol. The summed E-state index contributed by atoms with van der Waals surface area (Å²) in [4.78, 5) is 5.64. The molecule has 0 saturated heterocycles. The van der Waals surface area contributed by atoms with Crippen molar-refractivity contribution in [1.29, 1.82) is 0 Å². The van der Waals surface area contributed by atoms with Crippen molar-refractivity contribution in [2.75, 3.05) is 18.6 Å². The van der Waals surface area contributed by atoms with Crippen molar-refractivity contribution >= 4 is 5.82 Å². The number of pyridine rings is 1. The average Bonchev–Trinajstić information content (AvgIpc) is 2.28. The second-order valence-corrected chi connectivity index (χ2v) is 3.39. The summed E-state index contributed by atoms with van der Waals surface area (Å²) in [7, 11) is 1.47. The molecule has 0 saturated carbocycles. The van der Waals surface area contributed by atoms with Crippen LogP contribution in [0.1, 0.15) is 0 Å². The summed E-state index contributed by atoms with van der Waals surface area (Å²) in [6.45, 7) is 0.437. The quantitative estimate of drug-likeness (QED) is 0.820. The third kappa shape index (κ3) is 1.98. The molecule has 1 aliphatic heterocycles. The van der Waals surface area contributed by atoms with Gasteiger partial charge >= 0.3 is 0 Å². The minimum Gasteiger partial charge on any atom is -0.495 e. The molecule has 4 nitrogen and oxygen atoms in total. The third-order valence-electron chi connectivity index (χ3n) is 2.23. The number of methoxy groups -OCH3 is 1. The fourth-order valence-electron chi connectivity index (χ4n) is 1.45. The first kappa shape index (κ1) is 10.5. The normalized spacial score (nSPS) is 14.9. The van der Waals surface area contributed by atoms with Crippen LogP contribution in [-0.4, -0.2) is 18.6 Å². The van der Waals surface area contributed by atoms with E-state index in [9.17, 15) is 4.39 Å². The predicted molar refractivity (Wildman–Crippen MR) is 59.5 cm³/mol. The zero-order valence-electron chi connectivity index (χ0n) is 8.85. The molecule has 0 unspecified atom stereocenters. The predicted octanol–water partition coefficient (Wildman–Crippen LogP) is 1.41. The maximum absolute atomic E-state index is 13.7. The van der Waals surface area contributed by atoms with Crippen molar-refractivity contribution in [2.24, 2.45) is 5.73 Å². The van der Waals surface area contributed by atoms with E-state index >= 15 is 0 Å². The van der Waals surface area contributed by atoms with E-state index in [1.807, 2.05) is 0 Å². The first-order valence-electron chi connectivity index (χ1n) is 4.79. The summed E-state index contributed by atoms with van der Waals surface area (Å²) >= 11 is 0.